The van der Waals surface area contributed by atoms with Gasteiger partial charge in [0.05, 0.1) is 18.6 Å². The minimum Gasteiger partial charge on any atom is -0.298 e. The van der Waals surface area contributed by atoms with E-state index >= 15 is 0 Å². The van der Waals surface area contributed by atoms with E-state index in [4.69, 9.17) is 0 Å². The van der Waals surface area contributed by atoms with Crippen LogP contribution in [0.25, 0.3) is 0 Å². The van der Waals surface area contributed by atoms with Crippen LogP contribution in [0.3, 0.4) is 0 Å². The predicted octanol–water partition coefficient (Wildman–Crippen LogP) is -0.545. The van der Waals surface area contributed by atoms with Crippen molar-refractivity contribution in [3.63, 3.8) is 0 Å². The molecule has 1 N–H and O–H groups in total. The van der Waals surface area contributed by atoms with E-state index in [0.29, 0.717) is 6.42 Å². The Morgan fingerprint density at radius 1 is 1.33 bits per heavy atom. The van der Waals surface area contributed by atoms with Crippen LogP contribution >= 0.6 is 0 Å². The maximum Gasteiger partial charge on any atom is 0.243 e. The van der Waals surface area contributed by atoms with Crippen molar-refractivity contribution in [3.8, 4) is 0 Å². The van der Waals surface area contributed by atoms with E-state index < -0.39 is 0 Å². The Morgan fingerprint density at radius 2 is 2.07 bits per heavy atom. The van der Waals surface area contributed by atoms with Gasteiger partial charge in [-0.15, -0.1) is 0 Å². The number of piperazine rings is 1. The molecule has 0 radical (unpaired) electrons. The van der Waals surface area contributed by atoms with Crippen LogP contribution in [0.2, 0.25) is 0 Å². The molecule has 0 aromatic heterocycles. The first-order valence-corrected chi connectivity index (χ1v) is 5.22. The molecule has 82 valence electrons. The maximum absolute atomic E-state index is 11.5. The van der Waals surface area contributed by atoms with Crippen molar-refractivity contribution in [2.75, 3.05) is 6.54 Å². The molecule has 1 heterocycles. The normalized spacial score (nSPS) is 33.3. The standard InChI is InChI=1S/C10H14N2O3/c1-6-10(15)11-9(14)5-12(6)7-3-2-4-8(7)13/h6-7H,2-5H2,1H3,(H,11,14,15). The molecule has 1 aliphatic heterocycles. The van der Waals surface area contributed by atoms with E-state index in [1.54, 1.807) is 11.8 Å². The molecule has 5 nitrogen and oxygen atoms in total. The highest BCUT2D eigenvalue weighted by Crippen LogP contribution is 2.23. The molecule has 2 amide bonds. The Hall–Kier alpha value is -1.23. The van der Waals surface area contributed by atoms with Crippen LogP contribution in [0, 0.1) is 0 Å². The zero-order valence-corrected chi connectivity index (χ0v) is 8.66. The molecule has 2 aliphatic rings. The smallest absolute Gasteiger partial charge is 0.243 e. The fourth-order valence-corrected chi connectivity index (χ4v) is 2.26. The van der Waals surface area contributed by atoms with Gasteiger partial charge in [0.15, 0.2) is 0 Å². The average molecular weight is 210 g/mol. The molecule has 15 heavy (non-hydrogen) atoms. The summed E-state index contributed by atoms with van der Waals surface area (Å²) in [6.45, 7) is 1.89. The van der Waals surface area contributed by atoms with Gasteiger partial charge in [0.25, 0.3) is 0 Å². The Bertz CT molecular complexity index is 327. The van der Waals surface area contributed by atoms with Crippen molar-refractivity contribution in [2.45, 2.75) is 38.3 Å². The van der Waals surface area contributed by atoms with E-state index in [0.717, 1.165) is 12.8 Å². The van der Waals surface area contributed by atoms with Crippen molar-refractivity contribution >= 4 is 17.6 Å². The number of nitrogens with zero attached hydrogens (tertiary/aromatic N) is 1. The minimum absolute atomic E-state index is 0.156. The topological polar surface area (TPSA) is 66.5 Å². The van der Waals surface area contributed by atoms with Gasteiger partial charge in [-0.25, -0.2) is 0 Å². The number of carbonyl (C=O) groups excluding carboxylic acids is 3. The summed E-state index contributed by atoms with van der Waals surface area (Å²) in [6, 6.07) is -0.607. The lowest BCUT2D eigenvalue weighted by Crippen LogP contribution is -2.60. The van der Waals surface area contributed by atoms with Crippen LogP contribution in [0.4, 0.5) is 0 Å². The average Bonchev–Trinajstić information content (AvgIpc) is 2.58. The maximum atomic E-state index is 11.5. The van der Waals surface area contributed by atoms with Crippen molar-refractivity contribution in [2.24, 2.45) is 0 Å². The highest BCUT2D eigenvalue weighted by Gasteiger charge is 2.39. The summed E-state index contributed by atoms with van der Waals surface area (Å²) in [5.41, 5.74) is 0. The predicted molar refractivity (Wildman–Crippen MR) is 52.0 cm³/mol. The number of hydrogen-bond donors (Lipinski definition) is 1. The molecule has 0 bridgehead atoms. The second-order valence-electron chi connectivity index (χ2n) is 4.14. The zero-order chi connectivity index (χ0) is 11.0. The molecule has 2 atom stereocenters. The molecule has 2 rings (SSSR count). The first-order chi connectivity index (χ1) is 7.09. The molecule has 1 saturated heterocycles. The van der Waals surface area contributed by atoms with Crippen LogP contribution in [0.5, 0.6) is 0 Å². The number of ketones is 1. The fourth-order valence-electron chi connectivity index (χ4n) is 2.26. The van der Waals surface area contributed by atoms with Crippen molar-refractivity contribution < 1.29 is 14.4 Å². The van der Waals surface area contributed by atoms with Crippen LogP contribution in [-0.4, -0.2) is 41.1 Å². The van der Waals surface area contributed by atoms with Gasteiger partial charge >= 0.3 is 0 Å². The Balaban J connectivity index is 2.15. The summed E-state index contributed by atoms with van der Waals surface area (Å²) >= 11 is 0. The third-order valence-electron chi connectivity index (χ3n) is 3.14. The van der Waals surface area contributed by atoms with E-state index in [-0.39, 0.29) is 36.2 Å². The SMILES string of the molecule is CC1C(=O)NC(=O)CN1C1CCCC1=O. The minimum atomic E-state index is -0.380. The van der Waals surface area contributed by atoms with Crippen LogP contribution in [0.1, 0.15) is 26.2 Å². The van der Waals surface area contributed by atoms with Crippen molar-refractivity contribution in [3.05, 3.63) is 0 Å². The molecular formula is C10H14N2O3. The Kier molecular flexibility index (Phi) is 2.56. The third-order valence-corrected chi connectivity index (χ3v) is 3.14. The van der Waals surface area contributed by atoms with E-state index in [2.05, 4.69) is 5.32 Å². The molecule has 2 fully saturated rings. The molecule has 0 spiro atoms. The summed E-state index contributed by atoms with van der Waals surface area (Å²) in [5.74, 6) is -0.451. The van der Waals surface area contributed by atoms with Gasteiger partial charge in [-0.1, -0.05) is 0 Å². The monoisotopic (exact) mass is 210 g/mol. The van der Waals surface area contributed by atoms with Crippen LogP contribution in [0.15, 0.2) is 0 Å². The fraction of sp³-hybridized carbons (Fsp3) is 0.700. The number of carbonyl (C=O) groups is 3. The number of Topliss-reactive ketones (excluding diaryl/α,β-unsaturated/α-hetero) is 1. The summed E-state index contributed by atoms with van der Waals surface area (Å²) < 4.78 is 0. The largest absolute Gasteiger partial charge is 0.298 e. The first-order valence-electron chi connectivity index (χ1n) is 5.22. The summed E-state index contributed by atoms with van der Waals surface area (Å²) in [5, 5.41) is 2.27. The number of nitrogens with one attached hydrogen (secondary N) is 1. The number of rotatable bonds is 1. The Labute approximate surface area is 87.8 Å². The lowest BCUT2D eigenvalue weighted by molar-refractivity contribution is -0.142. The second-order valence-corrected chi connectivity index (χ2v) is 4.14. The lowest BCUT2D eigenvalue weighted by atomic mass is 10.1. The van der Waals surface area contributed by atoms with E-state index in [1.165, 1.54) is 0 Å². The molecule has 1 aliphatic carbocycles. The molecule has 0 aromatic carbocycles. The Morgan fingerprint density at radius 3 is 2.67 bits per heavy atom. The van der Waals surface area contributed by atoms with Gasteiger partial charge in [0, 0.05) is 6.42 Å². The summed E-state index contributed by atoms with van der Waals surface area (Å²) in [7, 11) is 0. The quantitative estimate of drug-likeness (QED) is 0.590. The lowest BCUT2D eigenvalue weighted by Gasteiger charge is -2.35. The molecular weight excluding hydrogens is 196 g/mol. The van der Waals surface area contributed by atoms with Gasteiger partial charge < -0.3 is 0 Å². The zero-order valence-electron chi connectivity index (χ0n) is 8.66. The third kappa shape index (κ3) is 1.79. The first kappa shape index (κ1) is 10.3. The second kappa shape index (κ2) is 3.73. The highest BCUT2D eigenvalue weighted by molar-refractivity contribution is 6.01. The van der Waals surface area contributed by atoms with Crippen LogP contribution < -0.4 is 5.32 Å². The molecule has 5 heteroatoms. The number of hydrogen-bond acceptors (Lipinski definition) is 4. The van der Waals surface area contributed by atoms with Crippen molar-refractivity contribution in [1.29, 1.82) is 0 Å². The summed E-state index contributed by atoms with van der Waals surface area (Å²) in [4.78, 5) is 35.9. The molecule has 2 unspecified atom stereocenters. The van der Waals surface area contributed by atoms with E-state index in [1.807, 2.05) is 0 Å². The van der Waals surface area contributed by atoms with Gasteiger partial charge in [0.1, 0.15) is 5.78 Å². The molecule has 0 aromatic rings. The van der Waals surface area contributed by atoms with Gasteiger partial charge in [-0.2, -0.15) is 0 Å². The number of amides is 2. The summed E-state index contributed by atoms with van der Waals surface area (Å²) in [6.07, 6.45) is 2.20. The van der Waals surface area contributed by atoms with Crippen LogP contribution in [-0.2, 0) is 14.4 Å². The van der Waals surface area contributed by atoms with E-state index in [9.17, 15) is 14.4 Å². The van der Waals surface area contributed by atoms with Gasteiger partial charge in [0.2, 0.25) is 11.8 Å². The number of imide groups is 1. The van der Waals surface area contributed by atoms with Gasteiger partial charge in [-0.3, -0.25) is 24.6 Å². The van der Waals surface area contributed by atoms with Crippen molar-refractivity contribution in [1.82, 2.24) is 10.2 Å². The van der Waals surface area contributed by atoms with Gasteiger partial charge in [-0.05, 0) is 19.8 Å². The highest BCUT2D eigenvalue weighted by atomic mass is 16.2. The molecule has 1 saturated carbocycles.